The Morgan fingerprint density at radius 1 is 1.03 bits per heavy atom. The lowest BCUT2D eigenvalue weighted by Gasteiger charge is -2.17. The Bertz CT molecular complexity index is 794. The quantitative estimate of drug-likeness (QED) is 0.310. The standard InChI is InChI=1S/C26H32O4/c1-4-11-25(30-21(2)27)14-9-6-10-15-26(23-12-7-5-8-13-23)29-20-22-16-18-24(28-3)19-17-22/h4-8,10-13,16-19,25-26H,9,14-15,20H2,1-3H3/b10-6-,11-4+/t25-,26+/m0/s1. The van der Waals surface area contributed by atoms with Crippen LogP contribution in [-0.4, -0.2) is 19.2 Å². The van der Waals surface area contributed by atoms with Gasteiger partial charge in [0.25, 0.3) is 0 Å². The number of hydrogen-bond donors (Lipinski definition) is 0. The molecule has 0 bridgehead atoms. The van der Waals surface area contributed by atoms with Gasteiger partial charge in [-0.1, -0.05) is 60.7 Å². The van der Waals surface area contributed by atoms with Crippen LogP contribution >= 0.6 is 0 Å². The molecular formula is C26H32O4. The van der Waals surface area contributed by atoms with Crippen LogP contribution in [0.1, 0.15) is 50.3 Å². The number of carbonyl (C=O) groups excluding carboxylic acids is 1. The second-order valence-corrected chi connectivity index (χ2v) is 7.02. The first-order valence-electron chi connectivity index (χ1n) is 10.4. The number of rotatable bonds is 12. The fourth-order valence-corrected chi connectivity index (χ4v) is 3.11. The highest BCUT2D eigenvalue weighted by atomic mass is 16.5. The van der Waals surface area contributed by atoms with Crippen LogP contribution < -0.4 is 4.74 Å². The molecule has 0 amide bonds. The number of esters is 1. The zero-order valence-corrected chi connectivity index (χ0v) is 18.1. The fraction of sp³-hybridized carbons (Fsp3) is 0.346. The van der Waals surface area contributed by atoms with E-state index in [0.29, 0.717) is 6.61 Å². The molecule has 0 aromatic heterocycles. The van der Waals surface area contributed by atoms with E-state index < -0.39 is 0 Å². The van der Waals surface area contributed by atoms with Crippen molar-refractivity contribution in [2.75, 3.05) is 7.11 Å². The van der Waals surface area contributed by atoms with Gasteiger partial charge in [-0.3, -0.25) is 4.79 Å². The molecule has 0 spiro atoms. The van der Waals surface area contributed by atoms with E-state index in [-0.39, 0.29) is 18.2 Å². The van der Waals surface area contributed by atoms with Gasteiger partial charge in [0.2, 0.25) is 0 Å². The maximum Gasteiger partial charge on any atom is 0.303 e. The summed E-state index contributed by atoms with van der Waals surface area (Å²) in [5, 5.41) is 0. The van der Waals surface area contributed by atoms with E-state index in [1.54, 1.807) is 7.11 Å². The Labute approximate surface area is 180 Å². The monoisotopic (exact) mass is 408 g/mol. The molecule has 0 N–H and O–H groups in total. The highest BCUT2D eigenvalue weighted by Crippen LogP contribution is 2.24. The predicted octanol–water partition coefficient (Wildman–Crippen LogP) is 6.19. The first-order valence-corrected chi connectivity index (χ1v) is 10.4. The summed E-state index contributed by atoms with van der Waals surface area (Å²) in [6.07, 6.45) is 10.3. The molecule has 0 aliphatic carbocycles. The van der Waals surface area contributed by atoms with E-state index in [1.807, 2.05) is 61.5 Å². The molecule has 0 heterocycles. The van der Waals surface area contributed by atoms with Crippen LogP contribution in [0.25, 0.3) is 0 Å². The summed E-state index contributed by atoms with van der Waals surface area (Å²) in [4.78, 5) is 11.2. The minimum Gasteiger partial charge on any atom is -0.497 e. The second-order valence-electron chi connectivity index (χ2n) is 7.02. The number of benzene rings is 2. The van der Waals surface area contributed by atoms with Crippen molar-refractivity contribution in [2.24, 2.45) is 0 Å². The van der Waals surface area contributed by atoms with Crippen LogP contribution in [0, 0.1) is 0 Å². The van der Waals surface area contributed by atoms with Crippen molar-refractivity contribution in [1.29, 1.82) is 0 Å². The summed E-state index contributed by atoms with van der Waals surface area (Å²) >= 11 is 0. The largest absolute Gasteiger partial charge is 0.497 e. The topological polar surface area (TPSA) is 44.8 Å². The fourth-order valence-electron chi connectivity index (χ4n) is 3.11. The lowest BCUT2D eigenvalue weighted by molar-refractivity contribution is -0.144. The maximum atomic E-state index is 11.2. The Balaban J connectivity index is 1.91. The summed E-state index contributed by atoms with van der Waals surface area (Å²) in [5.74, 6) is 0.587. The third kappa shape index (κ3) is 8.66. The van der Waals surface area contributed by atoms with Gasteiger partial charge < -0.3 is 14.2 Å². The van der Waals surface area contributed by atoms with E-state index in [9.17, 15) is 4.79 Å². The first-order chi connectivity index (χ1) is 14.6. The molecule has 4 nitrogen and oxygen atoms in total. The van der Waals surface area contributed by atoms with Crippen LogP contribution in [0.15, 0.2) is 78.9 Å². The SMILES string of the molecule is C/C=C/[C@@H](CC/C=C\C[C@@H](OCc1ccc(OC)cc1)c1ccccc1)OC(C)=O. The van der Waals surface area contributed by atoms with Gasteiger partial charge in [0.05, 0.1) is 19.8 Å². The van der Waals surface area contributed by atoms with Gasteiger partial charge in [-0.05, 0) is 55.5 Å². The molecule has 4 heteroatoms. The minimum absolute atomic E-state index is 0.0237. The Morgan fingerprint density at radius 2 is 1.77 bits per heavy atom. The van der Waals surface area contributed by atoms with Crippen LogP contribution in [0.2, 0.25) is 0 Å². The molecule has 0 aliphatic rings. The number of carbonyl (C=O) groups is 1. The van der Waals surface area contributed by atoms with Crippen molar-refractivity contribution in [3.05, 3.63) is 90.0 Å². The van der Waals surface area contributed by atoms with E-state index in [4.69, 9.17) is 14.2 Å². The van der Waals surface area contributed by atoms with Crippen molar-refractivity contribution in [1.82, 2.24) is 0 Å². The number of ether oxygens (including phenoxy) is 3. The summed E-state index contributed by atoms with van der Waals surface area (Å²) in [5.41, 5.74) is 2.26. The zero-order chi connectivity index (χ0) is 21.6. The predicted molar refractivity (Wildman–Crippen MR) is 120 cm³/mol. The van der Waals surface area contributed by atoms with Gasteiger partial charge in [-0.25, -0.2) is 0 Å². The molecule has 0 unspecified atom stereocenters. The molecule has 2 aromatic rings. The maximum absolute atomic E-state index is 11.2. The van der Waals surface area contributed by atoms with E-state index in [0.717, 1.165) is 36.1 Å². The number of hydrogen-bond acceptors (Lipinski definition) is 4. The molecule has 160 valence electrons. The molecule has 0 saturated carbocycles. The van der Waals surface area contributed by atoms with Gasteiger partial charge in [0.1, 0.15) is 11.9 Å². The highest BCUT2D eigenvalue weighted by molar-refractivity contribution is 5.66. The Morgan fingerprint density at radius 3 is 2.40 bits per heavy atom. The molecular weight excluding hydrogens is 376 g/mol. The van der Waals surface area contributed by atoms with Crippen LogP contribution in [0.5, 0.6) is 5.75 Å². The first kappa shape index (κ1) is 23.4. The molecule has 2 aromatic carbocycles. The number of allylic oxidation sites excluding steroid dienone is 2. The Kier molecular flexibility index (Phi) is 10.5. The van der Waals surface area contributed by atoms with Gasteiger partial charge in [-0.2, -0.15) is 0 Å². The van der Waals surface area contributed by atoms with E-state index >= 15 is 0 Å². The van der Waals surface area contributed by atoms with Gasteiger partial charge in [0.15, 0.2) is 0 Å². The smallest absolute Gasteiger partial charge is 0.303 e. The summed E-state index contributed by atoms with van der Waals surface area (Å²) < 4.78 is 16.7. The molecule has 0 fully saturated rings. The van der Waals surface area contributed by atoms with Gasteiger partial charge >= 0.3 is 5.97 Å². The highest BCUT2D eigenvalue weighted by Gasteiger charge is 2.11. The lowest BCUT2D eigenvalue weighted by Crippen LogP contribution is -2.13. The summed E-state index contributed by atoms with van der Waals surface area (Å²) in [6.45, 7) is 3.90. The van der Waals surface area contributed by atoms with Crippen molar-refractivity contribution in [3.8, 4) is 5.75 Å². The van der Waals surface area contributed by atoms with Crippen LogP contribution in [-0.2, 0) is 20.9 Å². The summed E-state index contributed by atoms with van der Waals surface area (Å²) in [6, 6.07) is 18.2. The molecule has 0 aliphatic heterocycles. The average molecular weight is 409 g/mol. The minimum atomic E-state index is -0.252. The van der Waals surface area contributed by atoms with Crippen molar-refractivity contribution >= 4 is 5.97 Å². The van der Waals surface area contributed by atoms with Gasteiger partial charge in [0, 0.05) is 6.92 Å². The number of methoxy groups -OCH3 is 1. The Hall–Kier alpha value is -2.85. The molecule has 0 radical (unpaired) electrons. The van der Waals surface area contributed by atoms with Crippen LogP contribution in [0.4, 0.5) is 0 Å². The zero-order valence-electron chi connectivity index (χ0n) is 18.1. The second kappa shape index (κ2) is 13.4. The molecule has 30 heavy (non-hydrogen) atoms. The third-order valence-corrected chi connectivity index (χ3v) is 4.64. The van der Waals surface area contributed by atoms with Crippen molar-refractivity contribution in [3.63, 3.8) is 0 Å². The normalized spacial score (nSPS) is 13.4. The van der Waals surface area contributed by atoms with Gasteiger partial charge in [-0.15, -0.1) is 0 Å². The van der Waals surface area contributed by atoms with E-state index in [1.165, 1.54) is 6.92 Å². The molecule has 2 atom stereocenters. The molecule has 2 rings (SSSR count). The van der Waals surface area contributed by atoms with E-state index in [2.05, 4.69) is 24.3 Å². The van der Waals surface area contributed by atoms with Crippen molar-refractivity contribution in [2.45, 2.75) is 51.9 Å². The van der Waals surface area contributed by atoms with Crippen molar-refractivity contribution < 1.29 is 19.0 Å². The lowest BCUT2D eigenvalue weighted by atomic mass is 10.1. The van der Waals surface area contributed by atoms with Crippen LogP contribution in [0.3, 0.4) is 0 Å². The third-order valence-electron chi connectivity index (χ3n) is 4.64. The average Bonchev–Trinajstić information content (AvgIpc) is 2.76. The summed E-state index contributed by atoms with van der Waals surface area (Å²) in [7, 11) is 1.66. The molecule has 0 saturated heterocycles.